The quantitative estimate of drug-likeness (QED) is 0.137. The zero-order valence-corrected chi connectivity index (χ0v) is 29.0. The molecule has 3 amide bonds. The molecule has 0 fully saturated rings. The van der Waals surface area contributed by atoms with E-state index < -0.39 is 53.3 Å². The number of fused-ring (bicyclic) bond motifs is 3. The lowest BCUT2D eigenvalue weighted by molar-refractivity contribution is -0.157. The minimum atomic E-state index is -1.15. The molecule has 0 saturated heterocycles. The van der Waals surface area contributed by atoms with Gasteiger partial charge in [0.25, 0.3) is 0 Å². The first-order chi connectivity index (χ1) is 22.6. The van der Waals surface area contributed by atoms with E-state index in [0.29, 0.717) is 19.4 Å². The lowest BCUT2D eigenvalue weighted by Gasteiger charge is -2.25. The number of rotatable bonds is 14. The molecule has 48 heavy (non-hydrogen) atoms. The summed E-state index contributed by atoms with van der Waals surface area (Å²) in [6, 6.07) is 13.2. The van der Waals surface area contributed by atoms with E-state index in [1.54, 1.807) is 41.5 Å². The van der Waals surface area contributed by atoms with Crippen molar-refractivity contribution in [1.29, 1.82) is 0 Å². The van der Waals surface area contributed by atoms with E-state index >= 15 is 0 Å². The number of carbonyl (C=O) groups excluding carboxylic acids is 5. The summed E-state index contributed by atoms with van der Waals surface area (Å²) in [7, 11) is 1.17. The fourth-order valence-electron chi connectivity index (χ4n) is 5.34. The summed E-state index contributed by atoms with van der Waals surface area (Å²) in [4.78, 5) is 62.9. The molecule has 12 nitrogen and oxygen atoms in total. The van der Waals surface area contributed by atoms with Crippen molar-refractivity contribution in [2.75, 3.05) is 20.3 Å². The highest BCUT2D eigenvalue weighted by atomic mass is 16.6. The van der Waals surface area contributed by atoms with Crippen LogP contribution in [0.5, 0.6) is 0 Å². The standard InChI is InChI=1S/C36H49N3O9/c1-35(2,3)47-30(40)20-19-29(31(41)45-7)39-33(43)38-28(32(42)48-36(4,5)6)18-12-13-21-37-34(44)46-22-27-25-16-10-8-14-23(25)24-15-9-11-17-26(24)27/h8-11,14-17,27-29H,12-13,18-22H2,1-7H3,(H,37,44)(H2,38,39,43). The normalized spacial score (nSPS) is 13.6. The molecule has 3 N–H and O–H groups in total. The Morgan fingerprint density at radius 1 is 0.729 bits per heavy atom. The van der Waals surface area contributed by atoms with Gasteiger partial charge in [0, 0.05) is 18.9 Å². The molecule has 3 rings (SSSR count). The molecule has 262 valence electrons. The second-order valence-corrected chi connectivity index (χ2v) is 13.7. The van der Waals surface area contributed by atoms with Gasteiger partial charge in [-0.05, 0) is 89.5 Å². The van der Waals surface area contributed by atoms with Crippen LogP contribution in [-0.2, 0) is 33.3 Å². The number of ether oxygens (including phenoxy) is 4. The van der Waals surface area contributed by atoms with E-state index in [1.807, 2.05) is 24.3 Å². The van der Waals surface area contributed by atoms with Crippen molar-refractivity contribution in [3.8, 4) is 11.1 Å². The molecule has 0 aromatic heterocycles. The summed E-state index contributed by atoms with van der Waals surface area (Å²) in [6.45, 7) is 10.8. The van der Waals surface area contributed by atoms with Crippen LogP contribution in [-0.4, -0.2) is 73.6 Å². The summed E-state index contributed by atoms with van der Waals surface area (Å²) in [5, 5.41) is 7.82. The Bertz CT molecular complexity index is 1400. The molecule has 1 aliphatic carbocycles. The molecule has 1 aliphatic rings. The smallest absolute Gasteiger partial charge is 0.407 e. The number of hydrogen-bond donors (Lipinski definition) is 3. The van der Waals surface area contributed by atoms with E-state index in [4.69, 9.17) is 18.9 Å². The van der Waals surface area contributed by atoms with Gasteiger partial charge in [-0.1, -0.05) is 48.5 Å². The number of urea groups is 1. The van der Waals surface area contributed by atoms with Gasteiger partial charge in [0.05, 0.1) is 7.11 Å². The summed E-state index contributed by atoms with van der Waals surface area (Å²) in [5.41, 5.74) is 3.03. The van der Waals surface area contributed by atoms with Crippen molar-refractivity contribution in [3.63, 3.8) is 0 Å². The van der Waals surface area contributed by atoms with Gasteiger partial charge >= 0.3 is 30.0 Å². The van der Waals surface area contributed by atoms with Crippen molar-refractivity contribution in [2.45, 2.75) is 103 Å². The molecule has 2 atom stereocenters. The first-order valence-corrected chi connectivity index (χ1v) is 16.3. The van der Waals surface area contributed by atoms with Crippen molar-refractivity contribution >= 4 is 30.0 Å². The zero-order valence-electron chi connectivity index (χ0n) is 29.0. The lowest BCUT2D eigenvalue weighted by atomic mass is 9.98. The molecule has 12 heteroatoms. The van der Waals surface area contributed by atoms with Gasteiger partial charge in [-0.15, -0.1) is 0 Å². The molecule has 0 heterocycles. The van der Waals surface area contributed by atoms with Crippen molar-refractivity contribution < 1.29 is 42.9 Å². The van der Waals surface area contributed by atoms with Gasteiger partial charge in [-0.3, -0.25) is 4.79 Å². The monoisotopic (exact) mass is 667 g/mol. The topological polar surface area (TPSA) is 158 Å². The molecular formula is C36H49N3O9. The number of esters is 3. The van der Waals surface area contributed by atoms with E-state index in [9.17, 15) is 24.0 Å². The predicted octanol–water partition coefficient (Wildman–Crippen LogP) is 5.37. The number of methoxy groups -OCH3 is 1. The number of benzene rings is 2. The molecular weight excluding hydrogens is 618 g/mol. The summed E-state index contributed by atoms with van der Waals surface area (Å²) in [6.07, 6.45) is 0.408. The largest absolute Gasteiger partial charge is 0.467 e. The number of hydrogen-bond acceptors (Lipinski definition) is 9. The number of nitrogens with one attached hydrogen (secondary N) is 3. The molecule has 2 aromatic rings. The third kappa shape index (κ3) is 11.9. The number of unbranched alkanes of at least 4 members (excludes halogenated alkanes) is 1. The van der Waals surface area contributed by atoms with Crippen LogP contribution in [0.25, 0.3) is 11.1 Å². The second-order valence-electron chi connectivity index (χ2n) is 13.7. The van der Waals surface area contributed by atoms with E-state index in [0.717, 1.165) is 22.3 Å². The lowest BCUT2D eigenvalue weighted by Crippen LogP contribution is -2.52. The van der Waals surface area contributed by atoms with Gasteiger partial charge in [-0.2, -0.15) is 0 Å². The van der Waals surface area contributed by atoms with Crippen LogP contribution in [0.4, 0.5) is 9.59 Å². The Kier molecular flexibility index (Phi) is 13.4. The highest BCUT2D eigenvalue weighted by Crippen LogP contribution is 2.44. The average Bonchev–Trinajstić information content (AvgIpc) is 3.32. The Morgan fingerprint density at radius 2 is 1.27 bits per heavy atom. The molecule has 0 spiro atoms. The van der Waals surface area contributed by atoms with Gasteiger partial charge in [0.1, 0.15) is 29.9 Å². The van der Waals surface area contributed by atoms with E-state index in [-0.39, 0.29) is 31.8 Å². The van der Waals surface area contributed by atoms with E-state index in [2.05, 4.69) is 40.2 Å². The van der Waals surface area contributed by atoms with Crippen molar-refractivity contribution in [2.24, 2.45) is 0 Å². The van der Waals surface area contributed by atoms with Crippen LogP contribution in [0.1, 0.15) is 90.7 Å². The maximum Gasteiger partial charge on any atom is 0.407 e. The minimum Gasteiger partial charge on any atom is -0.467 e. The number of carbonyl (C=O) groups is 5. The predicted molar refractivity (Wildman–Crippen MR) is 179 cm³/mol. The fourth-order valence-corrected chi connectivity index (χ4v) is 5.34. The molecule has 0 radical (unpaired) electrons. The SMILES string of the molecule is COC(=O)C(CCC(=O)OC(C)(C)C)NC(=O)NC(CCCCNC(=O)OCC1c2ccccc2-c2ccccc21)C(=O)OC(C)(C)C. The fraction of sp³-hybridized carbons (Fsp3) is 0.528. The highest BCUT2D eigenvalue weighted by molar-refractivity contribution is 5.87. The minimum absolute atomic E-state index is 0.0500. The molecule has 0 saturated carbocycles. The van der Waals surface area contributed by atoms with Crippen molar-refractivity contribution in [3.05, 3.63) is 59.7 Å². The first-order valence-electron chi connectivity index (χ1n) is 16.3. The van der Waals surface area contributed by atoms with Gasteiger partial charge in [0.2, 0.25) is 0 Å². The summed E-state index contributed by atoms with van der Waals surface area (Å²) < 4.78 is 21.1. The van der Waals surface area contributed by atoms with E-state index in [1.165, 1.54) is 7.11 Å². The van der Waals surface area contributed by atoms with Gasteiger partial charge < -0.3 is 34.9 Å². The Balaban J connectivity index is 1.49. The molecule has 0 aliphatic heterocycles. The van der Waals surface area contributed by atoms with Gasteiger partial charge in [0.15, 0.2) is 0 Å². The molecule has 0 bridgehead atoms. The summed E-state index contributed by atoms with van der Waals surface area (Å²) >= 11 is 0. The van der Waals surface area contributed by atoms with Gasteiger partial charge in [-0.25, -0.2) is 19.2 Å². The third-order valence-corrected chi connectivity index (χ3v) is 7.38. The third-order valence-electron chi connectivity index (χ3n) is 7.38. The molecule has 2 unspecified atom stereocenters. The van der Waals surface area contributed by atoms with Crippen LogP contribution in [0.3, 0.4) is 0 Å². The zero-order chi connectivity index (χ0) is 35.5. The molecule has 2 aromatic carbocycles. The van der Waals surface area contributed by atoms with Crippen molar-refractivity contribution in [1.82, 2.24) is 16.0 Å². The second kappa shape index (κ2) is 17.0. The van der Waals surface area contributed by atoms with Crippen LogP contribution >= 0.6 is 0 Å². The maximum absolute atomic E-state index is 13.0. The average molecular weight is 668 g/mol. The van der Waals surface area contributed by atoms with Crippen LogP contribution in [0.2, 0.25) is 0 Å². The first kappa shape index (κ1) is 37.8. The number of alkyl carbamates (subject to hydrolysis) is 1. The number of amides is 3. The maximum atomic E-state index is 13.0. The van der Waals surface area contributed by atoms with Crippen LogP contribution < -0.4 is 16.0 Å². The highest BCUT2D eigenvalue weighted by Gasteiger charge is 2.31. The Labute approximate surface area is 282 Å². The summed E-state index contributed by atoms with van der Waals surface area (Å²) in [5.74, 6) is -1.98. The Morgan fingerprint density at radius 3 is 1.81 bits per heavy atom. The van der Waals surface area contributed by atoms with Crippen LogP contribution in [0.15, 0.2) is 48.5 Å². The van der Waals surface area contributed by atoms with Crippen LogP contribution in [0, 0.1) is 0 Å². The Hall–Kier alpha value is -4.61.